The van der Waals surface area contributed by atoms with Gasteiger partial charge in [-0.3, -0.25) is 0 Å². The third kappa shape index (κ3) is 3.07. The second-order valence-corrected chi connectivity index (χ2v) is 3.18. The Kier molecular flexibility index (Phi) is 3.77. The quantitative estimate of drug-likeness (QED) is 0.544. The molecule has 0 heterocycles. The van der Waals surface area contributed by atoms with Crippen LogP contribution in [-0.4, -0.2) is 6.54 Å². The van der Waals surface area contributed by atoms with Crippen molar-refractivity contribution in [2.24, 2.45) is 0 Å². The van der Waals surface area contributed by atoms with Crippen LogP contribution in [0.5, 0.6) is 0 Å². The van der Waals surface area contributed by atoms with E-state index in [-0.39, 0.29) is 0 Å². The summed E-state index contributed by atoms with van der Waals surface area (Å²) in [6.45, 7) is 6.98. The van der Waals surface area contributed by atoms with Gasteiger partial charge in [-0.2, -0.15) is 0 Å². The molecule has 0 atom stereocenters. The van der Waals surface area contributed by atoms with E-state index in [1.54, 1.807) is 0 Å². The van der Waals surface area contributed by atoms with Crippen LogP contribution in [0.1, 0.15) is 18.1 Å². The van der Waals surface area contributed by atoms with Gasteiger partial charge in [0.15, 0.2) is 0 Å². The number of nitrogens with two attached hydrogens (primary N) is 1. The number of nitrogens with one attached hydrogen (secondary N) is 1. The fourth-order valence-corrected chi connectivity index (χ4v) is 1.25. The van der Waals surface area contributed by atoms with Crippen molar-refractivity contribution in [2.45, 2.75) is 20.3 Å². The molecular formula is C11H17N2. The normalized spacial score (nSPS) is 10.3. The molecular weight excluding hydrogens is 160 g/mol. The molecule has 2 nitrogen and oxygen atoms in total. The van der Waals surface area contributed by atoms with Crippen molar-refractivity contribution in [1.29, 1.82) is 0 Å². The Morgan fingerprint density at radius 2 is 2.23 bits per heavy atom. The fraction of sp³-hybridized carbons (Fsp3) is 0.364. The largest absolute Gasteiger partial charge is 0.399 e. The first-order chi connectivity index (χ1) is 6.24. The highest BCUT2D eigenvalue weighted by Crippen LogP contribution is 2.12. The summed E-state index contributed by atoms with van der Waals surface area (Å²) in [5.41, 5.74) is 9.09. The summed E-state index contributed by atoms with van der Waals surface area (Å²) in [6.07, 6.45) is 1.05. The van der Waals surface area contributed by atoms with Crippen LogP contribution in [0.15, 0.2) is 18.2 Å². The van der Waals surface area contributed by atoms with Gasteiger partial charge in [0.05, 0.1) is 0 Å². The van der Waals surface area contributed by atoms with Gasteiger partial charge < -0.3 is 11.1 Å². The summed E-state index contributed by atoms with van der Waals surface area (Å²) in [4.78, 5) is 0. The molecule has 0 fully saturated rings. The molecule has 0 saturated heterocycles. The monoisotopic (exact) mass is 177 g/mol. The first kappa shape index (κ1) is 10.1. The van der Waals surface area contributed by atoms with Gasteiger partial charge in [-0.1, -0.05) is 12.1 Å². The molecule has 0 spiro atoms. The minimum atomic E-state index is 0.874. The average molecular weight is 177 g/mol. The molecule has 1 aromatic carbocycles. The maximum absolute atomic E-state index is 5.72. The molecule has 1 radical (unpaired) electrons. The number of rotatable bonds is 4. The topological polar surface area (TPSA) is 38.0 Å². The standard InChI is InChI=1S/C11H17N2/c1-3-13-7-6-10-4-5-11(12)9(2)8-10/h3-5,8,13H,6-7,12H2,1-2H3. The number of hydrogen-bond acceptors (Lipinski definition) is 2. The summed E-state index contributed by atoms with van der Waals surface area (Å²) in [6, 6.07) is 6.20. The molecule has 0 aliphatic carbocycles. The first-order valence-electron chi connectivity index (χ1n) is 4.60. The van der Waals surface area contributed by atoms with Gasteiger partial charge in [-0.15, -0.1) is 0 Å². The lowest BCUT2D eigenvalue weighted by Crippen LogP contribution is -2.12. The number of aryl methyl sites for hydroxylation is 1. The van der Waals surface area contributed by atoms with E-state index in [0.29, 0.717) is 0 Å². The van der Waals surface area contributed by atoms with Crippen molar-refractivity contribution in [2.75, 3.05) is 12.3 Å². The Bertz CT molecular complexity index is 269. The van der Waals surface area contributed by atoms with Crippen LogP contribution in [0.2, 0.25) is 0 Å². The predicted octanol–water partition coefficient (Wildman–Crippen LogP) is 1.89. The lowest BCUT2D eigenvalue weighted by atomic mass is 10.1. The number of anilines is 1. The highest BCUT2D eigenvalue weighted by Gasteiger charge is 1.95. The van der Waals surface area contributed by atoms with E-state index in [0.717, 1.165) is 24.2 Å². The molecule has 71 valence electrons. The van der Waals surface area contributed by atoms with Gasteiger partial charge in [0.2, 0.25) is 0 Å². The van der Waals surface area contributed by atoms with E-state index < -0.39 is 0 Å². The van der Waals surface area contributed by atoms with Crippen molar-refractivity contribution < 1.29 is 0 Å². The van der Waals surface area contributed by atoms with Gasteiger partial charge in [0.1, 0.15) is 0 Å². The highest BCUT2D eigenvalue weighted by molar-refractivity contribution is 5.47. The molecule has 0 bridgehead atoms. The van der Waals surface area contributed by atoms with Crippen LogP contribution >= 0.6 is 0 Å². The fourth-order valence-electron chi connectivity index (χ4n) is 1.25. The number of benzene rings is 1. The van der Waals surface area contributed by atoms with E-state index in [1.807, 2.05) is 26.5 Å². The van der Waals surface area contributed by atoms with Gasteiger partial charge >= 0.3 is 0 Å². The average Bonchev–Trinajstić information content (AvgIpc) is 2.12. The summed E-state index contributed by atoms with van der Waals surface area (Å²) in [5, 5.41) is 3.17. The molecule has 2 heteroatoms. The molecule has 1 aromatic rings. The molecule has 0 unspecified atom stereocenters. The molecule has 0 aliphatic heterocycles. The molecule has 0 aliphatic rings. The third-order valence-electron chi connectivity index (χ3n) is 2.10. The zero-order valence-corrected chi connectivity index (χ0v) is 8.30. The molecule has 0 saturated carbocycles. The minimum Gasteiger partial charge on any atom is -0.399 e. The Labute approximate surface area is 80.1 Å². The van der Waals surface area contributed by atoms with Gasteiger partial charge in [0, 0.05) is 12.2 Å². The summed E-state index contributed by atoms with van der Waals surface area (Å²) < 4.78 is 0. The number of hydrogen-bond donors (Lipinski definition) is 2. The molecule has 1 rings (SSSR count). The van der Waals surface area contributed by atoms with Crippen LogP contribution in [0.3, 0.4) is 0 Å². The van der Waals surface area contributed by atoms with E-state index in [9.17, 15) is 0 Å². The van der Waals surface area contributed by atoms with Crippen molar-refractivity contribution in [3.05, 3.63) is 35.9 Å². The lowest BCUT2D eigenvalue weighted by Gasteiger charge is -2.05. The second kappa shape index (κ2) is 4.87. The molecule has 0 amide bonds. The molecule has 13 heavy (non-hydrogen) atoms. The highest BCUT2D eigenvalue weighted by atomic mass is 14.8. The van der Waals surface area contributed by atoms with E-state index in [4.69, 9.17) is 5.73 Å². The minimum absolute atomic E-state index is 0.874. The van der Waals surface area contributed by atoms with Crippen LogP contribution in [0.4, 0.5) is 5.69 Å². The second-order valence-electron chi connectivity index (χ2n) is 3.18. The van der Waals surface area contributed by atoms with Crippen molar-refractivity contribution in [3.63, 3.8) is 0 Å². The van der Waals surface area contributed by atoms with Gasteiger partial charge in [-0.05, 0) is 44.0 Å². The maximum atomic E-state index is 5.72. The van der Waals surface area contributed by atoms with Gasteiger partial charge in [0.25, 0.3) is 0 Å². The van der Waals surface area contributed by atoms with E-state index in [2.05, 4.69) is 17.4 Å². The van der Waals surface area contributed by atoms with Crippen molar-refractivity contribution >= 4 is 5.69 Å². The van der Waals surface area contributed by atoms with Gasteiger partial charge in [-0.25, -0.2) is 0 Å². The Balaban J connectivity index is 2.53. The SMILES string of the molecule is C[CH]NCCc1ccc(N)c(C)c1. The Hall–Kier alpha value is -1.02. The van der Waals surface area contributed by atoms with Crippen LogP contribution in [0, 0.1) is 13.5 Å². The summed E-state index contributed by atoms with van der Waals surface area (Å²) >= 11 is 0. The van der Waals surface area contributed by atoms with E-state index in [1.165, 1.54) is 5.56 Å². The Morgan fingerprint density at radius 3 is 2.85 bits per heavy atom. The van der Waals surface area contributed by atoms with Crippen LogP contribution in [0.25, 0.3) is 0 Å². The summed E-state index contributed by atoms with van der Waals surface area (Å²) in [5.74, 6) is 0. The lowest BCUT2D eigenvalue weighted by molar-refractivity contribution is 0.782. The maximum Gasteiger partial charge on any atom is 0.0343 e. The summed E-state index contributed by atoms with van der Waals surface area (Å²) in [7, 11) is 0. The Morgan fingerprint density at radius 1 is 1.46 bits per heavy atom. The van der Waals surface area contributed by atoms with Crippen LogP contribution in [-0.2, 0) is 6.42 Å². The number of nitrogen functional groups attached to an aromatic ring is 1. The first-order valence-corrected chi connectivity index (χ1v) is 4.60. The zero-order chi connectivity index (χ0) is 9.68. The van der Waals surface area contributed by atoms with Crippen LogP contribution < -0.4 is 11.1 Å². The molecule has 0 aromatic heterocycles. The van der Waals surface area contributed by atoms with E-state index >= 15 is 0 Å². The predicted molar refractivity (Wildman–Crippen MR) is 57.3 cm³/mol. The zero-order valence-electron chi connectivity index (χ0n) is 8.30. The third-order valence-corrected chi connectivity index (χ3v) is 2.10. The van der Waals surface area contributed by atoms with Crippen molar-refractivity contribution in [3.8, 4) is 0 Å². The van der Waals surface area contributed by atoms with Crippen molar-refractivity contribution in [1.82, 2.24) is 5.32 Å². The smallest absolute Gasteiger partial charge is 0.0343 e. The molecule has 3 N–H and O–H groups in total.